The molecule has 0 aliphatic heterocycles. The highest BCUT2D eigenvalue weighted by Gasteiger charge is 2.18. The van der Waals surface area contributed by atoms with Crippen LogP contribution in [0.5, 0.6) is 5.75 Å². The molecule has 7 heteroatoms. The van der Waals surface area contributed by atoms with Gasteiger partial charge in [0.2, 0.25) is 5.91 Å². The minimum atomic E-state index is -0.474. The summed E-state index contributed by atoms with van der Waals surface area (Å²) in [6.45, 7) is 4.31. The minimum Gasteiger partial charge on any atom is -0.494 e. The summed E-state index contributed by atoms with van der Waals surface area (Å²) < 4.78 is 7.03. The summed E-state index contributed by atoms with van der Waals surface area (Å²) in [6, 6.07) is 14.1. The molecule has 140 valence electrons. The van der Waals surface area contributed by atoms with Crippen LogP contribution in [0.15, 0.2) is 53.3 Å². The van der Waals surface area contributed by atoms with Crippen molar-refractivity contribution in [3.05, 3.63) is 64.7 Å². The molecule has 1 atom stereocenters. The summed E-state index contributed by atoms with van der Waals surface area (Å²) in [5, 5.41) is 3.54. The molecule has 2 aromatic carbocycles. The van der Waals surface area contributed by atoms with Crippen LogP contribution in [-0.2, 0) is 4.79 Å². The van der Waals surface area contributed by atoms with Gasteiger partial charge >= 0.3 is 0 Å². The third-order valence-electron chi connectivity index (χ3n) is 4.18. The van der Waals surface area contributed by atoms with Crippen LogP contribution in [0.4, 0.5) is 0 Å². The van der Waals surface area contributed by atoms with Gasteiger partial charge in [0, 0.05) is 0 Å². The molecule has 0 spiro atoms. The van der Waals surface area contributed by atoms with Gasteiger partial charge < -0.3 is 10.5 Å². The number of nitrogens with one attached hydrogen (secondary N) is 1. The fourth-order valence-electron chi connectivity index (χ4n) is 2.89. The van der Waals surface area contributed by atoms with Crippen LogP contribution < -0.4 is 21.3 Å². The van der Waals surface area contributed by atoms with Crippen molar-refractivity contribution in [1.82, 2.24) is 14.9 Å². The Morgan fingerprint density at radius 1 is 1.22 bits per heavy atom. The first-order valence-corrected chi connectivity index (χ1v) is 8.78. The van der Waals surface area contributed by atoms with E-state index in [1.807, 2.05) is 50.2 Å². The first kappa shape index (κ1) is 18.6. The number of rotatable bonds is 7. The number of carbonyl (C=O) groups excluding carboxylic acids is 1. The molecule has 1 heterocycles. The van der Waals surface area contributed by atoms with Gasteiger partial charge in [-0.05, 0) is 50.2 Å². The zero-order valence-corrected chi connectivity index (χ0v) is 15.3. The number of benzene rings is 2. The van der Waals surface area contributed by atoms with Crippen LogP contribution in [0.1, 0.15) is 25.7 Å². The van der Waals surface area contributed by atoms with Crippen molar-refractivity contribution in [3.8, 4) is 11.4 Å². The lowest BCUT2D eigenvalue weighted by Gasteiger charge is -2.19. The number of primary amides is 1. The zero-order chi connectivity index (χ0) is 19.4. The highest BCUT2D eigenvalue weighted by molar-refractivity contribution is 5.78. The number of hydrogen-bond acceptors (Lipinski definition) is 5. The summed E-state index contributed by atoms with van der Waals surface area (Å²) in [5.41, 5.74) is 6.33. The van der Waals surface area contributed by atoms with Crippen molar-refractivity contribution in [2.24, 2.45) is 5.73 Å². The van der Waals surface area contributed by atoms with Crippen molar-refractivity contribution in [2.45, 2.75) is 19.9 Å². The predicted molar refractivity (Wildman–Crippen MR) is 104 cm³/mol. The molecule has 0 radical (unpaired) electrons. The van der Waals surface area contributed by atoms with E-state index in [9.17, 15) is 9.59 Å². The molecule has 0 aliphatic carbocycles. The second-order valence-corrected chi connectivity index (χ2v) is 6.12. The van der Waals surface area contributed by atoms with E-state index in [4.69, 9.17) is 10.5 Å². The molecule has 3 N–H and O–H groups in total. The summed E-state index contributed by atoms with van der Waals surface area (Å²) in [7, 11) is 0. The fourth-order valence-corrected chi connectivity index (χ4v) is 2.89. The van der Waals surface area contributed by atoms with Crippen LogP contribution in [0.2, 0.25) is 0 Å². The van der Waals surface area contributed by atoms with E-state index in [-0.39, 0.29) is 18.1 Å². The van der Waals surface area contributed by atoms with Crippen LogP contribution >= 0.6 is 0 Å². The number of amides is 1. The van der Waals surface area contributed by atoms with Crippen molar-refractivity contribution in [3.63, 3.8) is 0 Å². The van der Waals surface area contributed by atoms with Gasteiger partial charge in [-0.2, -0.15) is 0 Å². The Kier molecular flexibility index (Phi) is 5.52. The second kappa shape index (κ2) is 8.01. The third kappa shape index (κ3) is 3.98. The number of nitrogens with zero attached hydrogens (tertiary/aromatic N) is 2. The maximum Gasteiger partial charge on any atom is 0.266 e. The molecule has 1 unspecified atom stereocenters. The molecule has 0 saturated carbocycles. The van der Waals surface area contributed by atoms with Gasteiger partial charge in [-0.3, -0.25) is 19.5 Å². The number of fused-ring (bicyclic) bond motifs is 1. The molecule has 0 bridgehead atoms. The molecule has 0 aliphatic rings. The molecule has 0 fully saturated rings. The molecular formula is C20H22N4O3. The summed E-state index contributed by atoms with van der Waals surface area (Å²) >= 11 is 0. The van der Waals surface area contributed by atoms with Crippen LogP contribution in [0.25, 0.3) is 16.6 Å². The molecule has 27 heavy (non-hydrogen) atoms. The Balaban J connectivity index is 2.15. The SMILES string of the molecule is CCOc1ccc(-n2c(C(C)NCC(N)=O)nc3ccccc3c2=O)cc1. The average molecular weight is 366 g/mol. The maximum atomic E-state index is 13.2. The Morgan fingerprint density at radius 3 is 2.59 bits per heavy atom. The standard InChI is InChI=1S/C20H22N4O3/c1-3-27-15-10-8-14(9-11-15)24-19(13(2)22-12-18(21)25)23-17-7-5-4-6-16(17)20(24)26/h4-11,13,22H,3,12H2,1-2H3,(H2,21,25). The lowest BCUT2D eigenvalue weighted by atomic mass is 10.2. The van der Waals surface area contributed by atoms with Crippen molar-refractivity contribution >= 4 is 16.8 Å². The molecule has 1 aromatic heterocycles. The van der Waals surface area contributed by atoms with Crippen molar-refractivity contribution in [2.75, 3.05) is 13.2 Å². The van der Waals surface area contributed by atoms with E-state index in [1.54, 1.807) is 16.7 Å². The Bertz CT molecular complexity index is 1010. The lowest BCUT2D eigenvalue weighted by Crippen LogP contribution is -2.34. The molecule has 3 rings (SSSR count). The highest BCUT2D eigenvalue weighted by Crippen LogP contribution is 2.20. The Labute approximate surface area is 156 Å². The van der Waals surface area contributed by atoms with Gasteiger partial charge in [0.25, 0.3) is 5.56 Å². The van der Waals surface area contributed by atoms with E-state index in [2.05, 4.69) is 10.3 Å². The van der Waals surface area contributed by atoms with Crippen LogP contribution in [-0.4, -0.2) is 28.6 Å². The van der Waals surface area contributed by atoms with Gasteiger partial charge in [0.1, 0.15) is 11.6 Å². The molecule has 7 nitrogen and oxygen atoms in total. The summed E-state index contributed by atoms with van der Waals surface area (Å²) in [6.07, 6.45) is 0. The normalized spacial score (nSPS) is 12.1. The number of aromatic nitrogens is 2. The molecule has 3 aromatic rings. The van der Waals surface area contributed by atoms with E-state index < -0.39 is 5.91 Å². The molecule has 1 amide bonds. The van der Waals surface area contributed by atoms with Gasteiger partial charge in [-0.1, -0.05) is 12.1 Å². The molecular weight excluding hydrogens is 344 g/mol. The van der Waals surface area contributed by atoms with Crippen LogP contribution in [0.3, 0.4) is 0 Å². The van der Waals surface area contributed by atoms with Gasteiger partial charge in [-0.25, -0.2) is 4.98 Å². The largest absolute Gasteiger partial charge is 0.494 e. The smallest absolute Gasteiger partial charge is 0.266 e. The van der Waals surface area contributed by atoms with E-state index in [0.717, 1.165) is 5.75 Å². The summed E-state index contributed by atoms with van der Waals surface area (Å²) in [5.74, 6) is 0.756. The monoisotopic (exact) mass is 366 g/mol. The first-order chi connectivity index (χ1) is 13.0. The second-order valence-electron chi connectivity index (χ2n) is 6.12. The Hall–Kier alpha value is -3.19. The lowest BCUT2D eigenvalue weighted by molar-refractivity contribution is -0.117. The van der Waals surface area contributed by atoms with Crippen molar-refractivity contribution < 1.29 is 9.53 Å². The summed E-state index contributed by atoms with van der Waals surface area (Å²) in [4.78, 5) is 29.0. The third-order valence-corrected chi connectivity index (χ3v) is 4.18. The van der Waals surface area contributed by atoms with E-state index in [1.165, 1.54) is 0 Å². The quantitative estimate of drug-likeness (QED) is 0.665. The predicted octanol–water partition coefficient (Wildman–Crippen LogP) is 1.92. The number of ether oxygens (including phenoxy) is 1. The molecule has 0 saturated heterocycles. The average Bonchev–Trinajstić information content (AvgIpc) is 2.67. The highest BCUT2D eigenvalue weighted by atomic mass is 16.5. The minimum absolute atomic E-state index is 0.00680. The number of hydrogen-bond donors (Lipinski definition) is 2. The topological polar surface area (TPSA) is 99.2 Å². The zero-order valence-electron chi connectivity index (χ0n) is 15.3. The Morgan fingerprint density at radius 2 is 1.93 bits per heavy atom. The number of nitrogens with two attached hydrogens (primary N) is 1. The maximum absolute atomic E-state index is 13.2. The van der Waals surface area contributed by atoms with E-state index in [0.29, 0.717) is 29.0 Å². The first-order valence-electron chi connectivity index (χ1n) is 8.78. The van der Waals surface area contributed by atoms with Gasteiger partial charge in [-0.15, -0.1) is 0 Å². The van der Waals surface area contributed by atoms with Crippen molar-refractivity contribution in [1.29, 1.82) is 0 Å². The number of carbonyl (C=O) groups is 1. The van der Waals surface area contributed by atoms with Gasteiger partial charge in [0.05, 0.1) is 35.8 Å². The van der Waals surface area contributed by atoms with E-state index >= 15 is 0 Å². The van der Waals surface area contributed by atoms with Gasteiger partial charge in [0.15, 0.2) is 0 Å². The fraction of sp³-hybridized carbons (Fsp3) is 0.250. The van der Waals surface area contributed by atoms with Crippen LogP contribution in [0, 0.1) is 0 Å². The number of para-hydroxylation sites is 1.